The summed E-state index contributed by atoms with van der Waals surface area (Å²) in [5, 5.41) is 14.1. The molecule has 9 aromatic rings. The van der Waals surface area contributed by atoms with Crippen LogP contribution in [-0.4, -0.2) is 16.7 Å². The normalized spacial score (nSPS) is 14.7. The van der Waals surface area contributed by atoms with Crippen LogP contribution < -0.4 is 0 Å². The average Bonchev–Trinajstić information content (AvgIpc) is 3.54. The lowest BCUT2D eigenvalue weighted by atomic mass is 9.92. The summed E-state index contributed by atoms with van der Waals surface area (Å²) >= 11 is 0. The third-order valence-corrected chi connectivity index (χ3v) is 9.51. The SMILES string of the molecule is c1ccc(C2=NC(c3ccc(-c4ccnc5oc6cc7ccccc7cc6c45)c4ccccc34)[N-]C(c3ccc4ccccc4c3)=N2)cc1. The second-order valence-electron chi connectivity index (χ2n) is 12.4. The van der Waals surface area contributed by atoms with Gasteiger partial charge >= 0.3 is 0 Å². The summed E-state index contributed by atoms with van der Waals surface area (Å²) in [6.07, 6.45) is 1.36. The van der Waals surface area contributed by atoms with Crippen LogP contribution in [0.5, 0.6) is 0 Å². The fraction of sp³-hybridized carbons (Fsp3) is 0.0227. The highest BCUT2D eigenvalue weighted by atomic mass is 16.3. The minimum atomic E-state index is -0.480. The molecule has 230 valence electrons. The van der Waals surface area contributed by atoms with Gasteiger partial charge in [-0.25, -0.2) is 4.98 Å². The number of furan rings is 1. The summed E-state index contributed by atoms with van der Waals surface area (Å²) in [6.45, 7) is 0. The van der Waals surface area contributed by atoms with Gasteiger partial charge in [0.25, 0.3) is 0 Å². The van der Waals surface area contributed by atoms with Gasteiger partial charge in [-0.2, -0.15) is 0 Å². The number of rotatable bonds is 4. The zero-order chi connectivity index (χ0) is 32.3. The van der Waals surface area contributed by atoms with E-state index in [0.717, 1.165) is 65.7 Å². The summed E-state index contributed by atoms with van der Waals surface area (Å²) in [6, 6.07) is 52.6. The molecule has 5 heteroatoms. The van der Waals surface area contributed by atoms with E-state index in [2.05, 4.69) is 138 Å². The quantitative estimate of drug-likeness (QED) is 0.195. The molecule has 0 bridgehead atoms. The molecule has 0 saturated carbocycles. The smallest absolute Gasteiger partial charge is 0.227 e. The highest BCUT2D eigenvalue weighted by Gasteiger charge is 2.20. The molecule has 0 saturated heterocycles. The van der Waals surface area contributed by atoms with E-state index in [4.69, 9.17) is 19.7 Å². The van der Waals surface area contributed by atoms with E-state index in [0.29, 0.717) is 17.4 Å². The maximum absolute atomic E-state index is 6.33. The lowest BCUT2D eigenvalue weighted by Crippen LogP contribution is -2.16. The molecule has 3 heterocycles. The fourth-order valence-corrected chi connectivity index (χ4v) is 7.14. The number of benzene rings is 7. The third kappa shape index (κ3) is 4.59. The number of aliphatic imine (C=N–C) groups is 2. The van der Waals surface area contributed by atoms with Gasteiger partial charge in [-0.1, -0.05) is 133 Å². The molecule has 0 fully saturated rings. The third-order valence-electron chi connectivity index (χ3n) is 9.51. The zero-order valence-electron chi connectivity index (χ0n) is 26.3. The van der Waals surface area contributed by atoms with E-state index >= 15 is 0 Å². The Morgan fingerprint density at radius 2 is 1.24 bits per heavy atom. The Morgan fingerprint density at radius 3 is 2.08 bits per heavy atom. The van der Waals surface area contributed by atoms with Crippen molar-refractivity contribution in [2.45, 2.75) is 6.17 Å². The maximum atomic E-state index is 6.33. The molecular formula is C44H27N4O-. The molecule has 0 N–H and O–H groups in total. The van der Waals surface area contributed by atoms with Crippen LogP contribution in [0.1, 0.15) is 22.9 Å². The van der Waals surface area contributed by atoms with Crippen molar-refractivity contribution in [3.8, 4) is 11.1 Å². The number of pyridine rings is 1. The Labute approximate surface area is 281 Å². The summed E-state index contributed by atoms with van der Waals surface area (Å²) in [5.74, 6) is 1.34. The molecule has 7 aromatic carbocycles. The van der Waals surface area contributed by atoms with Gasteiger partial charge in [0.05, 0.1) is 17.4 Å². The largest absolute Gasteiger partial charge is 0.438 e. The molecule has 1 aliphatic rings. The predicted molar refractivity (Wildman–Crippen MR) is 202 cm³/mol. The van der Waals surface area contributed by atoms with E-state index in [1.165, 1.54) is 10.8 Å². The Kier molecular flexibility index (Phi) is 6.18. The van der Waals surface area contributed by atoms with Crippen molar-refractivity contribution in [1.29, 1.82) is 0 Å². The van der Waals surface area contributed by atoms with Crippen molar-refractivity contribution in [2.75, 3.05) is 0 Å². The molecule has 0 radical (unpaired) electrons. The second-order valence-corrected chi connectivity index (χ2v) is 12.4. The topological polar surface area (TPSA) is 64.8 Å². The van der Waals surface area contributed by atoms with E-state index in [-0.39, 0.29) is 0 Å². The number of hydrogen-bond acceptors (Lipinski definition) is 4. The first kappa shape index (κ1) is 27.5. The van der Waals surface area contributed by atoms with Gasteiger partial charge in [0.2, 0.25) is 5.71 Å². The lowest BCUT2D eigenvalue weighted by Gasteiger charge is -2.33. The van der Waals surface area contributed by atoms with Crippen LogP contribution in [0, 0.1) is 0 Å². The first-order chi connectivity index (χ1) is 24.3. The van der Waals surface area contributed by atoms with Gasteiger partial charge < -0.3 is 14.7 Å². The number of amidine groups is 2. The van der Waals surface area contributed by atoms with Gasteiger partial charge in [-0.15, -0.1) is 0 Å². The highest BCUT2D eigenvalue weighted by molar-refractivity contribution is 6.20. The van der Waals surface area contributed by atoms with Crippen LogP contribution in [0.3, 0.4) is 0 Å². The Hall–Kier alpha value is -6.59. The molecule has 1 aliphatic heterocycles. The van der Waals surface area contributed by atoms with Crippen molar-refractivity contribution < 1.29 is 4.42 Å². The number of nitrogens with zero attached hydrogens (tertiary/aromatic N) is 4. The Balaban J connectivity index is 1.14. The monoisotopic (exact) mass is 627 g/mol. The molecule has 1 atom stereocenters. The number of aromatic nitrogens is 1. The molecule has 0 aliphatic carbocycles. The number of fused-ring (bicyclic) bond motifs is 6. The lowest BCUT2D eigenvalue weighted by molar-refractivity contribution is 0.654. The van der Waals surface area contributed by atoms with Crippen LogP contribution in [0.15, 0.2) is 172 Å². The molecule has 0 spiro atoms. The molecular weight excluding hydrogens is 601 g/mol. The first-order valence-electron chi connectivity index (χ1n) is 16.4. The number of hydrogen-bond donors (Lipinski definition) is 0. The van der Waals surface area contributed by atoms with Crippen LogP contribution in [0.2, 0.25) is 0 Å². The summed E-state index contributed by atoms with van der Waals surface area (Å²) in [4.78, 5) is 14.8. The summed E-state index contributed by atoms with van der Waals surface area (Å²) < 4.78 is 6.33. The Bertz CT molecular complexity index is 2810. The molecule has 2 aromatic heterocycles. The van der Waals surface area contributed by atoms with Crippen LogP contribution in [-0.2, 0) is 0 Å². The van der Waals surface area contributed by atoms with Gasteiger partial charge in [0.15, 0.2) is 0 Å². The van der Waals surface area contributed by atoms with E-state index in [1.54, 1.807) is 0 Å². The summed E-state index contributed by atoms with van der Waals surface area (Å²) in [5.41, 5.74) is 6.59. The van der Waals surface area contributed by atoms with Crippen molar-refractivity contribution in [1.82, 2.24) is 4.98 Å². The van der Waals surface area contributed by atoms with Gasteiger partial charge in [0.1, 0.15) is 5.58 Å². The Morgan fingerprint density at radius 1 is 0.531 bits per heavy atom. The molecule has 0 amide bonds. The second kappa shape index (κ2) is 11.0. The first-order valence-corrected chi connectivity index (χ1v) is 16.4. The van der Waals surface area contributed by atoms with E-state index in [9.17, 15) is 0 Å². The maximum Gasteiger partial charge on any atom is 0.227 e. The molecule has 49 heavy (non-hydrogen) atoms. The highest BCUT2D eigenvalue weighted by Crippen LogP contribution is 2.43. The predicted octanol–water partition coefficient (Wildman–Crippen LogP) is 11.4. The van der Waals surface area contributed by atoms with Crippen molar-refractivity contribution in [2.24, 2.45) is 9.98 Å². The van der Waals surface area contributed by atoms with E-state index in [1.807, 2.05) is 24.4 Å². The van der Waals surface area contributed by atoms with Crippen LogP contribution >= 0.6 is 0 Å². The van der Waals surface area contributed by atoms with Crippen LogP contribution in [0.4, 0.5) is 0 Å². The molecule has 10 rings (SSSR count). The zero-order valence-corrected chi connectivity index (χ0v) is 26.3. The molecule has 5 nitrogen and oxygen atoms in total. The van der Waals surface area contributed by atoms with Crippen LogP contribution in [0.25, 0.3) is 70.8 Å². The van der Waals surface area contributed by atoms with E-state index < -0.39 is 6.17 Å². The van der Waals surface area contributed by atoms with Crippen molar-refractivity contribution >= 4 is 66.1 Å². The minimum Gasteiger partial charge on any atom is -0.438 e. The minimum absolute atomic E-state index is 0.480. The van der Waals surface area contributed by atoms with Gasteiger partial charge in [0, 0.05) is 11.6 Å². The fourth-order valence-electron chi connectivity index (χ4n) is 7.14. The molecule has 1 unspecified atom stereocenters. The van der Waals surface area contributed by atoms with Gasteiger partial charge in [-0.3, -0.25) is 4.99 Å². The van der Waals surface area contributed by atoms with Crippen molar-refractivity contribution in [3.05, 3.63) is 180 Å². The van der Waals surface area contributed by atoms with Gasteiger partial charge in [-0.05, 0) is 84.4 Å². The van der Waals surface area contributed by atoms with Crippen molar-refractivity contribution in [3.63, 3.8) is 0 Å². The average molecular weight is 628 g/mol. The summed E-state index contributed by atoms with van der Waals surface area (Å²) in [7, 11) is 0. The standard InChI is InChI=1S/C44H27N4O/c1-2-11-28(12-3-1)41-46-42(32-19-18-27-10-4-5-13-29(27)24-32)48-43(47-41)37-21-20-35(33-16-8-9-17-34(33)37)36-22-23-45-44-40(36)38-25-30-14-6-7-15-31(30)26-39(38)49-44/h1-26,43H/q-1.